The Balaban J connectivity index is 1.85. The summed E-state index contributed by atoms with van der Waals surface area (Å²) < 4.78 is 28.6. The Morgan fingerprint density at radius 2 is 1.72 bits per heavy atom. The van der Waals surface area contributed by atoms with Gasteiger partial charge in [0.2, 0.25) is 0 Å². The van der Waals surface area contributed by atoms with Gasteiger partial charge in [-0.15, -0.1) is 0 Å². The lowest BCUT2D eigenvalue weighted by atomic mass is 9.83. The predicted molar refractivity (Wildman–Crippen MR) is 70.2 cm³/mol. The van der Waals surface area contributed by atoms with Crippen LogP contribution < -0.4 is 4.72 Å². The van der Waals surface area contributed by atoms with E-state index in [0.29, 0.717) is 37.4 Å². The summed E-state index contributed by atoms with van der Waals surface area (Å²) in [5.74, 6) is 1.15. The van der Waals surface area contributed by atoms with Crippen molar-refractivity contribution in [3.05, 3.63) is 0 Å². The molecule has 0 aromatic carbocycles. The number of nitrogens with one attached hydrogen (secondary N) is 1. The average molecular weight is 276 g/mol. The Hall–Kier alpha value is -0.170. The second-order valence-electron chi connectivity index (χ2n) is 6.11. The van der Waals surface area contributed by atoms with E-state index in [0.717, 1.165) is 19.3 Å². The van der Waals surface area contributed by atoms with Crippen LogP contribution in [-0.2, 0) is 10.2 Å². The van der Waals surface area contributed by atoms with Gasteiger partial charge >= 0.3 is 0 Å². The molecule has 6 heteroatoms. The summed E-state index contributed by atoms with van der Waals surface area (Å²) in [6.07, 6.45) is 2.31. The minimum atomic E-state index is -3.34. The van der Waals surface area contributed by atoms with Crippen LogP contribution in [0.2, 0.25) is 0 Å². The summed E-state index contributed by atoms with van der Waals surface area (Å²) in [7, 11) is -3.34. The van der Waals surface area contributed by atoms with E-state index >= 15 is 0 Å². The van der Waals surface area contributed by atoms with E-state index in [1.165, 1.54) is 0 Å². The van der Waals surface area contributed by atoms with Gasteiger partial charge in [0.1, 0.15) is 0 Å². The summed E-state index contributed by atoms with van der Waals surface area (Å²) in [4.78, 5) is 0. The van der Waals surface area contributed by atoms with Crippen molar-refractivity contribution in [1.82, 2.24) is 9.03 Å². The Kier molecular flexibility index (Phi) is 4.31. The Bertz CT molecular complexity index is 369. The van der Waals surface area contributed by atoms with Gasteiger partial charge in [-0.2, -0.15) is 12.7 Å². The Morgan fingerprint density at radius 1 is 1.17 bits per heavy atom. The zero-order valence-corrected chi connectivity index (χ0v) is 12.0. The lowest BCUT2D eigenvalue weighted by molar-refractivity contribution is 0.0450. The second-order valence-corrected chi connectivity index (χ2v) is 7.86. The minimum Gasteiger partial charge on any atom is -0.393 e. The number of piperidine rings is 1. The number of aliphatic hydroxyl groups is 1. The molecule has 2 N–H and O–H groups in total. The van der Waals surface area contributed by atoms with Crippen molar-refractivity contribution in [3.8, 4) is 0 Å². The average Bonchev–Trinajstić information content (AvgIpc) is 2.21. The first kappa shape index (κ1) is 14.2. The molecule has 1 saturated heterocycles. The van der Waals surface area contributed by atoms with Crippen molar-refractivity contribution in [1.29, 1.82) is 0 Å². The van der Waals surface area contributed by atoms with E-state index in [9.17, 15) is 13.5 Å². The Labute approximate surface area is 110 Å². The molecule has 106 valence electrons. The van der Waals surface area contributed by atoms with Crippen LogP contribution in [0.4, 0.5) is 0 Å². The summed E-state index contributed by atoms with van der Waals surface area (Å²) in [5.41, 5.74) is 0. The van der Waals surface area contributed by atoms with E-state index < -0.39 is 10.2 Å². The quantitative estimate of drug-likeness (QED) is 0.788. The molecule has 5 nitrogen and oxygen atoms in total. The van der Waals surface area contributed by atoms with Crippen LogP contribution in [0, 0.1) is 17.8 Å². The fraction of sp³-hybridized carbons (Fsp3) is 1.00. The molecule has 0 radical (unpaired) electrons. The fourth-order valence-electron chi connectivity index (χ4n) is 2.98. The van der Waals surface area contributed by atoms with E-state index in [1.807, 2.05) is 0 Å². The third-order valence-electron chi connectivity index (χ3n) is 3.94. The number of nitrogens with zero attached hydrogens (tertiary/aromatic N) is 1. The number of rotatable bonds is 4. The smallest absolute Gasteiger partial charge is 0.279 e. The molecule has 2 unspecified atom stereocenters. The molecular formula is C12H24N2O3S. The first-order chi connectivity index (χ1) is 8.37. The summed E-state index contributed by atoms with van der Waals surface area (Å²) in [6, 6.07) is 0. The van der Waals surface area contributed by atoms with Gasteiger partial charge in [0.15, 0.2) is 0 Å². The summed E-state index contributed by atoms with van der Waals surface area (Å²) in [6.45, 7) is 5.89. The van der Waals surface area contributed by atoms with Crippen molar-refractivity contribution in [2.24, 2.45) is 17.8 Å². The van der Waals surface area contributed by atoms with Gasteiger partial charge in [0.25, 0.3) is 10.2 Å². The van der Waals surface area contributed by atoms with E-state index in [2.05, 4.69) is 18.6 Å². The highest BCUT2D eigenvalue weighted by Crippen LogP contribution is 2.27. The van der Waals surface area contributed by atoms with Gasteiger partial charge in [-0.05, 0) is 37.0 Å². The lowest BCUT2D eigenvalue weighted by Crippen LogP contribution is -2.49. The summed E-state index contributed by atoms with van der Waals surface area (Å²) in [5, 5.41) is 9.18. The molecule has 0 spiro atoms. The highest BCUT2D eigenvalue weighted by molar-refractivity contribution is 7.87. The fourth-order valence-corrected chi connectivity index (χ4v) is 4.51. The lowest BCUT2D eigenvalue weighted by Gasteiger charge is -2.35. The van der Waals surface area contributed by atoms with Crippen molar-refractivity contribution in [2.45, 2.75) is 39.2 Å². The molecule has 1 heterocycles. The van der Waals surface area contributed by atoms with Gasteiger partial charge in [0, 0.05) is 19.6 Å². The topological polar surface area (TPSA) is 69.6 Å². The molecule has 0 aromatic heterocycles. The molecule has 0 amide bonds. The van der Waals surface area contributed by atoms with Gasteiger partial charge in [0.05, 0.1) is 6.10 Å². The molecule has 2 rings (SSSR count). The van der Waals surface area contributed by atoms with Gasteiger partial charge < -0.3 is 5.11 Å². The van der Waals surface area contributed by atoms with Gasteiger partial charge in [-0.25, -0.2) is 4.72 Å². The number of hydrogen-bond acceptors (Lipinski definition) is 3. The maximum absolute atomic E-state index is 12.2. The molecule has 1 aliphatic heterocycles. The van der Waals surface area contributed by atoms with Crippen molar-refractivity contribution < 1.29 is 13.5 Å². The highest BCUT2D eigenvalue weighted by Gasteiger charge is 2.32. The third kappa shape index (κ3) is 3.44. The zero-order valence-electron chi connectivity index (χ0n) is 11.2. The normalized spacial score (nSPS) is 38.4. The number of aliphatic hydroxyl groups excluding tert-OH is 1. The molecule has 1 aliphatic carbocycles. The molecule has 0 aromatic rings. The predicted octanol–water partition coefficient (Wildman–Crippen LogP) is 0.570. The SMILES string of the molecule is CC1CC(C)CN(S(=O)(=O)NCC2CC(O)C2)C1. The van der Waals surface area contributed by atoms with Crippen molar-refractivity contribution in [3.63, 3.8) is 0 Å². The monoisotopic (exact) mass is 276 g/mol. The first-order valence-corrected chi connectivity index (χ1v) is 8.23. The Morgan fingerprint density at radius 3 is 2.22 bits per heavy atom. The molecule has 2 atom stereocenters. The van der Waals surface area contributed by atoms with Crippen LogP contribution in [-0.4, -0.2) is 43.6 Å². The molecule has 18 heavy (non-hydrogen) atoms. The number of hydrogen-bond donors (Lipinski definition) is 2. The summed E-state index contributed by atoms with van der Waals surface area (Å²) >= 11 is 0. The van der Waals surface area contributed by atoms with Crippen LogP contribution in [0.3, 0.4) is 0 Å². The minimum absolute atomic E-state index is 0.227. The van der Waals surface area contributed by atoms with E-state index in [-0.39, 0.29) is 6.10 Å². The molecular weight excluding hydrogens is 252 g/mol. The van der Waals surface area contributed by atoms with Crippen molar-refractivity contribution in [2.75, 3.05) is 19.6 Å². The van der Waals surface area contributed by atoms with E-state index in [4.69, 9.17) is 0 Å². The molecule has 1 saturated carbocycles. The zero-order chi connectivity index (χ0) is 13.3. The second kappa shape index (κ2) is 5.45. The van der Waals surface area contributed by atoms with Gasteiger partial charge in [-0.3, -0.25) is 0 Å². The van der Waals surface area contributed by atoms with Crippen LogP contribution in [0.1, 0.15) is 33.1 Å². The molecule has 2 fully saturated rings. The van der Waals surface area contributed by atoms with Gasteiger partial charge in [-0.1, -0.05) is 13.8 Å². The maximum atomic E-state index is 12.2. The van der Waals surface area contributed by atoms with Crippen molar-refractivity contribution >= 4 is 10.2 Å². The molecule has 0 bridgehead atoms. The first-order valence-electron chi connectivity index (χ1n) is 6.79. The largest absolute Gasteiger partial charge is 0.393 e. The van der Waals surface area contributed by atoms with E-state index in [1.54, 1.807) is 4.31 Å². The third-order valence-corrected chi connectivity index (χ3v) is 5.45. The van der Waals surface area contributed by atoms with Crippen LogP contribution in [0.15, 0.2) is 0 Å². The molecule has 2 aliphatic rings. The highest BCUT2D eigenvalue weighted by atomic mass is 32.2. The maximum Gasteiger partial charge on any atom is 0.279 e. The standard InChI is InChI=1S/C12H24N2O3S/c1-9-3-10(2)8-14(7-9)18(16,17)13-6-11-4-12(15)5-11/h9-13,15H,3-8H2,1-2H3. The van der Waals surface area contributed by atoms with Crippen LogP contribution in [0.25, 0.3) is 0 Å². The van der Waals surface area contributed by atoms with Crippen LogP contribution in [0.5, 0.6) is 0 Å². The van der Waals surface area contributed by atoms with Crippen LogP contribution >= 0.6 is 0 Å².